The molecule has 3 N–H and O–H groups in total. The lowest BCUT2D eigenvalue weighted by molar-refractivity contribution is -0.137. The second-order valence-corrected chi connectivity index (χ2v) is 8.51. The van der Waals surface area contributed by atoms with Gasteiger partial charge in [-0.2, -0.15) is 13.2 Å². The molecule has 0 spiro atoms. The van der Waals surface area contributed by atoms with Gasteiger partial charge in [0.25, 0.3) is 0 Å². The van der Waals surface area contributed by atoms with Crippen molar-refractivity contribution in [3.63, 3.8) is 0 Å². The molecule has 1 aromatic heterocycles. The van der Waals surface area contributed by atoms with Crippen LogP contribution in [0.25, 0.3) is 10.6 Å². The number of halogens is 3. The molecule has 0 radical (unpaired) electrons. The first kappa shape index (κ1) is 25.0. The Morgan fingerprint density at radius 3 is 2.35 bits per heavy atom. The van der Waals surface area contributed by atoms with Gasteiger partial charge in [0, 0.05) is 11.3 Å². The molecule has 1 atom stereocenters. The van der Waals surface area contributed by atoms with E-state index in [9.17, 15) is 22.8 Å². The highest BCUT2D eigenvalue weighted by atomic mass is 32.1. The molecule has 0 saturated heterocycles. The minimum absolute atomic E-state index is 0.0523. The van der Waals surface area contributed by atoms with Crippen LogP contribution in [0.2, 0.25) is 0 Å². The first-order valence-electron chi connectivity index (χ1n) is 10.1. The first-order chi connectivity index (χ1) is 16.1. The number of carbonyl (C=O) groups is 2. The molecule has 0 bridgehead atoms. The smallest absolute Gasteiger partial charge is 0.416 e. The number of methoxy groups -OCH3 is 1. The fraction of sp³-hybridized carbons (Fsp3) is 0.273. The molecule has 1 heterocycles. The van der Waals surface area contributed by atoms with Crippen LogP contribution in [0.5, 0.6) is 5.75 Å². The second kappa shape index (κ2) is 10.5. The summed E-state index contributed by atoms with van der Waals surface area (Å²) >= 11 is 1.15. The maximum atomic E-state index is 12.9. The summed E-state index contributed by atoms with van der Waals surface area (Å²) in [5.74, 6) is -0.163. The Hall–Kier alpha value is -3.67. The number of nitrogens with one attached hydrogen (secondary N) is 3. The number of benzene rings is 2. The van der Waals surface area contributed by atoms with Crippen molar-refractivity contribution in [2.24, 2.45) is 5.92 Å². The molecule has 0 aliphatic heterocycles. The molecule has 2 aromatic carbocycles. The van der Waals surface area contributed by atoms with Gasteiger partial charge in [-0.25, -0.2) is 4.79 Å². The average molecular weight is 494 g/mol. The number of nitrogens with zero attached hydrogens (tertiary/aromatic N) is 2. The van der Waals surface area contributed by atoms with Crippen LogP contribution >= 0.6 is 11.3 Å². The van der Waals surface area contributed by atoms with Crippen LogP contribution in [0.1, 0.15) is 19.4 Å². The van der Waals surface area contributed by atoms with Gasteiger partial charge in [-0.3, -0.25) is 10.1 Å². The number of carbonyl (C=O) groups excluding carboxylic acids is 2. The van der Waals surface area contributed by atoms with E-state index >= 15 is 0 Å². The van der Waals surface area contributed by atoms with Crippen molar-refractivity contribution in [2.75, 3.05) is 17.7 Å². The third-order valence-corrected chi connectivity index (χ3v) is 5.56. The zero-order valence-electron chi connectivity index (χ0n) is 18.4. The minimum atomic E-state index is -4.54. The molecule has 0 fully saturated rings. The van der Waals surface area contributed by atoms with Gasteiger partial charge in [0.05, 0.1) is 12.7 Å². The van der Waals surface area contributed by atoms with Crippen LogP contribution in [-0.2, 0) is 11.0 Å². The number of urea groups is 1. The average Bonchev–Trinajstić information content (AvgIpc) is 3.25. The van der Waals surface area contributed by atoms with Gasteiger partial charge in [0.15, 0.2) is 0 Å². The minimum Gasteiger partial charge on any atom is -0.497 e. The lowest BCUT2D eigenvalue weighted by atomic mass is 10.0. The standard InChI is InChI=1S/C22H22F3N5O3S/c1-12(2)17(27-20(32)26-15-6-4-5-14(11-15)22(23,24)25)18(31)28-21-30-29-19(34-21)13-7-9-16(33-3)10-8-13/h4-12,17H,1-3H3,(H2,26,27,32)(H,28,30,31). The third kappa shape index (κ3) is 6.44. The highest BCUT2D eigenvalue weighted by Gasteiger charge is 2.31. The molecule has 0 aliphatic carbocycles. The molecule has 3 aromatic rings. The van der Waals surface area contributed by atoms with Crippen LogP contribution in [0.15, 0.2) is 48.5 Å². The molecule has 8 nitrogen and oxygen atoms in total. The predicted octanol–water partition coefficient (Wildman–Crippen LogP) is 5.02. The van der Waals surface area contributed by atoms with Crippen LogP contribution in [-0.4, -0.2) is 35.3 Å². The van der Waals surface area contributed by atoms with Gasteiger partial charge in [0.2, 0.25) is 11.0 Å². The van der Waals surface area contributed by atoms with Crippen molar-refractivity contribution in [3.8, 4) is 16.3 Å². The monoisotopic (exact) mass is 493 g/mol. The zero-order chi connectivity index (χ0) is 24.9. The van der Waals surface area contributed by atoms with E-state index < -0.39 is 29.7 Å². The normalized spacial score (nSPS) is 12.2. The fourth-order valence-corrected chi connectivity index (χ4v) is 3.68. The fourth-order valence-electron chi connectivity index (χ4n) is 2.92. The Morgan fingerprint density at radius 1 is 1.03 bits per heavy atom. The van der Waals surface area contributed by atoms with Crippen LogP contribution < -0.4 is 20.7 Å². The van der Waals surface area contributed by atoms with E-state index in [1.165, 1.54) is 12.1 Å². The number of aromatic nitrogens is 2. The van der Waals surface area contributed by atoms with Crippen LogP contribution in [0.3, 0.4) is 0 Å². The summed E-state index contributed by atoms with van der Waals surface area (Å²) in [6, 6.07) is 9.59. The topological polar surface area (TPSA) is 105 Å². The van der Waals surface area contributed by atoms with Crippen molar-refractivity contribution in [1.82, 2.24) is 15.5 Å². The number of rotatable bonds is 7. The Labute approximate surface area is 197 Å². The molecule has 0 saturated carbocycles. The highest BCUT2D eigenvalue weighted by molar-refractivity contribution is 7.18. The number of hydrogen-bond donors (Lipinski definition) is 3. The molecule has 3 rings (SSSR count). The maximum absolute atomic E-state index is 12.9. The molecule has 0 aliphatic rings. The van der Waals surface area contributed by atoms with Crippen molar-refractivity contribution in [2.45, 2.75) is 26.1 Å². The molecule has 3 amide bonds. The van der Waals surface area contributed by atoms with Gasteiger partial charge in [0.1, 0.15) is 16.8 Å². The summed E-state index contributed by atoms with van der Waals surface area (Å²) < 4.78 is 43.8. The quantitative estimate of drug-likeness (QED) is 0.429. The van der Waals surface area contributed by atoms with E-state index in [-0.39, 0.29) is 16.7 Å². The SMILES string of the molecule is COc1ccc(-c2nnc(NC(=O)C(NC(=O)Nc3cccc(C(F)(F)F)c3)C(C)C)s2)cc1. The lowest BCUT2D eigenvalue weighted by Crippen LogP contribution is -2.48. The summed E-state index contributed by atoms with van der Waals surface area (Å²) in [4.78, 5) is 25.1. The van der Waals surface area contributed by atoms with E-state index in [4.69, 9.17) is 4.74 Å². The van der Waals surface area contributed by atoms with Crippen molar-refractivity contribution < 1.29 is 27.5 Å². The summed E-state index contributed by atoms with van der Waals surface area (Å²) in [5.41, 5.74) is -0.159. The Bertz CT molecular complexity index is 1150. The molecule has 1 unspecified atom stereocenters. The maximum Gasteiger partial charge on any atom is 0.416 e. The molecular weight excluding hydrogens is 471 g/mol. The number of alkyl halides is 3. The van der Waals surface area contributed by atoms with Crippen molar-refractivity contribution in [3.05, 3.63) is 54.1 Å². The molecule has 180 valence electrons. The van der Waals surface area contributed by atoms with Gasteiger partial charge in [-0.05, 0) is 48.4 Å². The van der Waals surface area contributed by atoms with E-state index in [2.05, 4.69) is 26.1 Å². The summed E-state index contributed by atoms with van der Waals surface area (Å²) in [7, 11) is 1.56. The van der Waals surface area contributed by atoms with E-state index in [1.54, 1.807) is 33.1 Å². The Balaban J connectivity index is 1.64. The van der Waals surface area contributed by atoms with Gasteiger partial charge in [-0.15, -0.1) is 10.2 Å². The third-order valence-electron chi connectivity index (χ3n) is 4.68. The number of ether oxygens (including phenoxy) is 1. The van der Waals surface area contributed by atoms with Crippen LogP contribution in [0, 0.1) is 5.92 Å². The van der Waals surface area contributed by atoms with E-state index in [0.717, 1.165) is 29.0 Å². The largest absolute Gasteiger partial charge is 0.497 e. The van der Waals surface area contributed by atoms with Gasteiger partial charge < -0.3 is 15.4 Å². The zero-order valence-corrected chi connectivity index (χ0v) is 19.3. The Morgan fingerprint density at radius 2 is 1.74 bits per heavy atom. The number of hydrogen-bond acceptors (Lipinski definition) is 6. The number of anilines is 2. The lowest BCUT2D eigenvalue weighted by Gasteiger charge is -2.21. The molecular formula is C22H22F3N5O3S. The highest BCUT2D eigenvalue weighted by Crippen LogP contribution is 2.31. The first-order valence-corrected chi connectivity index (χ1v) is 10.9. The van der Waals surface area contributed by atoms with Gasteiger partial charge in [-0.1, -0.05) is 31.3 Å². The van der Waals surface area contributed by atoms with E-state index in [1.807, 2.05) is 12.1 Å². The predicted molar refractivity (Wildman–Crippen MR) is 123 cm³/mol. The van der Waals surface area contributed by atoms with Crippen LogP contribution in [0.4, 0.5) is 28.8 Å². The van der Waals surface area contributed by atoms with E-state index in [0.29, 0.717) is 10.8 Å². The molecule has 34 heavy (non-hydrogen) atoms. The summed E-state index contributed by atoms with van der Waals surface area (Å²) in [5, 5.41) is 16.3. The summed E-state index contributed by atoms with van der Waals surface area (Å²) in [6.07, 6.45) is -4.54. The van der Waals surface area contributed by atoms with Gasteiger partial charge >= 0.3 is 12.2 Å². The summed E-state index contributed by atoms with van der Waals surface area (Å²) in [6.45, 7) is 3.44. The Kier molecular flexibility index (Phi) is 7.72. The van der Waals surface area contributed by atoms with Crippen molar-refractivity contribution in [1.29, 1.82) is 0 Å². The molecule has 12 heteroatoms. The second-order valence-electron chi connectivity index (χ2n) is 7.53. The van der Waals surface area contributed by atoms with Crippen molar-refractivity contribution >= 4 is 34.1 Å². The number of amides is 3.